The van der Waals surface area contributed by atoms with E-state index in [2.05, 4.69) is 27.4 Å². The minimum absolute atomic E-state index is 0.110. The molecule has 1 atom stereocenters. The number of nitrogens with zero attached hydrogens (tertiary/aromatic N) is 2. The van der Waals surface area contributed by atoms with Crippen LogP contribution in [0.4, 0.5) is 0 Å². The fourth-order valence-corrected chi connectivity index (χ4v) is 3.23. The Morgan fingerprint density at radius 2 is 2.12 bits per heavy atom. The minimum atomic E-state index is -0.124. The van der Waals surface area contributed by atoms with Gasteiger partial charge in [-0.1, -0.05) is 19.9 Å². The summed E-state index contributed by atoms with van der Waals surface area (Å²) < 4.78 is 5.34. The molecule has 1 aliphatic carbocycles. The van der Waals surface area contributed by atoms with E-state index in [4.69, 9.17) is 4.74 Å². The number of carbonyl (C=O) groups is 1. The van der Waals surface area contributed by atoms with Crippen molar-refractivity contribution in [3.8, 4) is 5.75 Å². The number of aromatic nitrogens is 2. The Hall–Kier alpha value is -2.43. The van der Waals surface area contributed by atoms with Crippen molar-refractivity contribution in [1.82, 2.24) is 15.3 Å². The molecule has 1 unspecified atom stereocenters. The van der Waals surface area contributed by atoms with Crippen LogP contribution in [0.25, 0.3) is 0 Å². The first-order valence-electron chi connectivity index (χ1n) is 8.86. The molecule has 0 spiro atoms. The second-order valence-electron chi connectivity index (χ2n) is 6.86. The first-order chi connectivity index (χ1) is 12.1. The summed E-state index contributed by atoms with van der Waals surface area (Å²) in [7, 11) is 1.68. The normalized spacial score (nSPS) is 16.9. The molecule has 0 bridgehead atoms. The van der Waals surface area contributed by atoms with Gasteiger partial charge in [0.15, 0.2) is 0 Å². The largest absolute Gasteiger partial charge is 0.497 e. The van der Waals surface area contributed by atoms with Crippen molar-refractivity contribution in [1.29, 1.82) is 0 Å². The highest BCUT2D eigenvalue weighted by Crippen LogP contribution is 2.25. The number of benzene rings is 1. The maximum absolute atomic E-state index is 12.6. The molecule has 5 nitrogen and oxygen atoms in total. The van der Waals surface area contributed by atoms with E-state index in [1.807, 2.05) is 19.9 Å². The Balaban J connectivity index is 1.74. The molecule has 1 aromatic heterocycles. The van der Waals surface area contributed by atoms with Crippen LogP contribution in [0.15, 0.2) is 30.5 Å². The van der Waals surface area contributed by atoms with Gasteiger partial charge in [-0.05, 0) is 55.0 Å². The summed E-state index contributed by atoms with van der Waals surface area (Å²) in [6.45, 7) is 4.04. The molecule has 0 fully saturated rings. The van der Waals surface area contributed by atoms with Gasteiger partial charge < -0.3 is 10.1 Å². The highest BCUT2D eigenvalue weighted by atomic mass is 16.5. The van der Waals surface area contributed by atoms with E-state index in [9.17, 15) is 4.79 Å². The Kier molecular flexibility index (Phi) is 5.31. The van der Waals surface area contributed by atoms with Crippen molar-refractivity contribution < 1.29 is 9.53 Å². The van der Waals surface area contributed by atoms with Crippen LogP contribution < -0.4 is 10.1 Å². The van der Waals surface area contributed by atoms with E-state index in [0.29, 0.717) is 11.5 Å². The number of hydrogen-bond donors (Lipinski definition) is 1. The maximum Gasteiger partial charge on any atom is 0.270 e. The monoisotopic (exact) mass is 339 g/mol. The second-order valence-corrected chi connectivity index (χ2v) is 6.86. The summed E-state index contributed by atoms with van der Waals surface area (Å²) in [5, 5.41) is 3.15. The number of ether oxygens (including phenoxy) is 1. The lowest BCUT2D eigenvalue weighted by Crippen LogP contribution is -2.36. The third-order valence-electron chi connectivity index (χ3n) is 4.64. The van der Waals surface area contributed by atoms with Crippen LogP contribution in [0.2, 0.25) is 0 Å². The van der Waals surface area contributed by atoms with Crippen molar-refractivity contribution >= 4 is 5.91 Å². The Labute approximate surface area is 148 Å². The highest BCUT2D eigenvalue weighted by Gasteiger charge is 2.20. The summed E-state index contributed by atoms with van der Waals surface area (Å²) in [6, 6.07) is 8.01. The van der Waals surface area contributed by atoms with Crippen LogP contribution >= 0.6 is 0 Å². The van der Waals surface area contributed by atoms with Gasteiger partial charge in [-0.25, -0.2) is 9.97 Å². The van der Waals surface area contributed by atoms with Crippen LogP contribution in [0, 0.1) is 0 Å². The van der Waals surface area contributed by atoms with E-state index in [0.717, 1.165) is 31.4 Å². The van der Waals surface area contributed by atoms with Crippen molar-refractivity contribution in [2.45, 2.75) is 51.5 Å². The van der Waals surface area contributed by atoms with Crippen LogP contribution in [-0.2, 0) is 12.8 Å². The molecule has 1 amide bonds. The summed E-state index contributed by atoms with van der Waals surface area (Å²) in [4.78, 5) is 21.2. The third kappa shape index (κ3) is 4.16. The zero-order valence-corrected chi connectivity index (χ0v) is 15.1. The Bertz CT molecular complexity index is 758. The van der Waals surface area contributed by atoms with E-state index in [-0.39, 0.29) is 17.9 Å². The van der Waals surface area contributed by atoms with Gasteiger partial charge in [0.05, 0.1) is 7.11 Å². The number of hydrogen-bond acceptors (Lipinski definition) is 4. The number of nitrogens with one attached hydrogen (secondary N) is 1. The average molecular weight is 339 g/mol. The molecule has 0 saturated heterocycles. The Morgan fingerprint density at radius 3 is 2.88 bits per heavy atom. The molecule has 1 N–H and O–H groups in total. The van der Waals surface area contributed by atoms with Crippen LogP contribution in [0.3, 0.4) is 0 Å². The minimum Gasteiger partial charge on any atom is -0.497 e. The van der Waals surface area contributed by atoms with E-state index >= 15 is 0 Å². The predicted molar refractivity (Wildman–Crippen MR) is 97.0 cm³/mol. The van der Waals surface area contributed by atoms with Crippen LogP contribution in [0.5, 0.6) is 5.75 Å². The van der Waals surface area contributed by atoms with Gasteiger partial charge in [0, 0.05) is 18.2 Å². The molecule has 1 aliphatic rings. The number of amides is 1. The molecule has 2 aromatic rings. The first kappa shape index (κ1) is 17.4. The lowest BCUT2D eigenvalue weighted by atomic mass is 10.0. The van der Waals surface area contributed by atoms with Crippen molar-refractivity contribution in [2.24, 2.45) is 0 Å². The summed E-state index contributed by atoms with van der Waals surface area (Å²) in [5.74, 6) is 1.64. The number of fused-ring (bicyclic) bond motifs is 1. The third-order valence-corrected chi connectivity index (χ3v) is 4.64. The molecule has 1 heterocycles. The van der Waals surface area contributed by atoms with Gasteiger partial charge in [-0.15, -0.1) is 0 Å². The van der Waals surface area contributed by atoms with E-state index < -0.39 is 0 Å². The quantitative estimate of drug-likeness (QED) is 0.868. The SMILES string of the molecule is COc1ccc2c(c1)CC(NC(=O)c1ccnc(C(C)C)n1)CCC2. The lowest BCUT2D eigenvalue weighted by molar-refractivity contribution is 0.0929. The molecule has 5 heteroatoms. The van der Waals surface area contributed by atoms with E-state index in [1.54, 1.807) is 19.4 Å². The van der Waals surface area contributed by atoms with Crippen molar-refractivity contribution in [3.63, 3.8) is 0 Å². The molecule has 3 rings (SSSR count). The molecule has 1 aromatic carbocycles. The van der Waals surface area contributed by atoms with Gasteiger partial charge >= 0.3 is 0 Å². The molecule has 0 radical (unpaired) electrons. The van der Waals surface area contributed by atoms with Crippen molar-refractivity contribution in [3.05, 3.63) is 53.1 Å². The molecule has 132 valence electrons. The zero-order valence-electron chi connectivity index (χ0n) is 15.1. The van der Waals surface area contributed by atoms with Gasteiger partial charge in [-0.3, -0.25) is 4.79 Å². The number of methoxy groups -OCH3 is 1. The summed E-state index contributed by atoms with van der Waals surface area (Å²) in [5.41, 5.74) is 3.04. The number of carbonyl (C=O) groups excluding carboxylic acids is 1. The topological polar surface area (TPSA) is 64.1 Å². The summed E-state index contributed by atoms with van der Waals surface area (Å²) in [6.07, 6.45) is 5.54. The smallest absolute Gasteiger partial charge is 0.270 e. The molecular weight excluding hydrogens is 314 g/mol. The summed E-state index contributed by atoms with van der Waals surface area (Å²) >= 11 is 0. The molecular formula is C20H25N3O2. The molecule has 0 aliphatic heterocycles. The standard InChI is InChI=1S/C20H25N3O2/c1-13(2)19-21-10-9-18(23-19)20(24)22-16-6-4-5-14-7-8-17(25-3)12-15(14)11-16/h7-10,12-13,16H,4-6,11H2,1-3H3,(H,22,24). The number of rotatable bonds is 4. The first-order valence-corrected chi connectivity index (χ1v) is 8.86. The average Bonchev–Trinajstić information content (AvgIpc) is 2.82. The molecule has 0 saturated carbocycles. The maximum atomic E-state index is 12.6. The second kappa shape index (κ2) is 7.64. The van der Waals surface area contributed by atoms with Crippen LogP contribution in [-0.4, -0.2) is 29.0 Å². The lowest BCUT2D eigenvalue weighted by Gasteiger charge is -2.17. The van der Waals surface area contributed by atoms with Gasteiger partial charge in [0.2, 0.25) is 0 Å². The fourth-order valence-electron chi connectivity index (χ4n) is 3.23. The highest BCUT2D eigenvalue weighted by molar-refractivity contribution is 5.92. The number of aryl methyl sites for hydroxylation is 1. The van der Waals surface area contributed by atoms with Gasteiger partial charge in [0.25, 0.3) is 5.91 Å². The van der Waals surface area contributed by atoms with E-state index in [1.165, 1.54) is 11.1 Å². The van der Waals surface area contributed by atoms with Crippen LogP contribution in [0.1, 0.15) is 60.0 Å². The Morgan fingerprint density at radius 1 is 1.28 bits per heavy atom. The van der Waals surface area contributed by atoms with Crippen molar-refractivity contribution in [2.75, 3.05) is 7.11 Å². The predicted octanol–water partition coefficient (Wildman–Crippen LogP) is 3.29. The molecule has 25 heavy (non-hydrogen) atoms. The van der Waals surface area contributed by atoms with Gasteiger partial charge in [-0.2, -0.15) is 0 Å². The zero-order chi connectivity index (χ0) is 17.8. The fraction of sp³-hybridized carbons (Fsp3) is 0.450. The van der Waals surface area contributed by atoms with Gasteiger partial charge in [0.1, 0.15) is 17.3 Å².